The monoisotopic (exact) mass is 334 g/mol. The molecule has 6 heteroatoms. The van der Waals surface area contributed by atoms with Gasteiger partial charge in [-0.2, -0.15) is 0 Å². The van der Waals surface area contributed by atoms with E-state index in [1.165, 1.54) is 18.7 Å². The van der Waals surface area contributed by atoms with Crippen LogP contribution in [0.5, 0.6) is 0 Å². The lowest BCUT2D eigenvalue weighted by molar-refractivity contribution is -0.292. The summed E-state index contributed by atoms with van der Waals surface area (Å²) < 4.78 is 39.3. The van der Waals surface area contributed by atoms with Crippen LogP contribution in [0.4, 0.5) is 8.78 Å². The van der Waals surface area contributed by atoms with Crippen molar-refractivity contribution in [2.24, 2.45) is 0 Å². The second-order valence-corrected chi connectivity index (χ2v) is 6.47. The molecule has 128 valence electrons. The molecule has 1 saturated heterocycles. The second-order valence-electron chi connectivity index (χ2n) is 6.47. The van der Waals surface area contributed by atoms with Crippen LogP contribution in [0.25, 0.3) is 17.0 Å². The van der Waals surface area contributed by atoms with E-state index in [4.69, 9.17) is 9.15 Å². The molecule has 0 aromatic carbocycles. The van der Waals surface area contributed by atoms with Gasteiger partial charge in [0, 0.05) is 18.0 Å². The molecule has 2 aromatic heterocycles. The van der Waals surface area contributed by atoms with Crippen LogP contribution >= 0.6 is 0 Å². The lowest BCUT2D eigenvalue weighted by Crippen LogP contribution is -2.55. The first kappa shape index (κ1) is 16.6. The van der Waals surface area contributed by atoms with Gasteiger partial charge in [-0.1, -0.05) is 6.58 Å². The summed E-state index contributed by atoms with van der Waals surface area (Å²) in [6.07, 6.45) is 3.37. The number of hydrogen-bond donors (Lipinski definition) is 0. The van der Waals surface area contributed by atoms with Crippen molar-refractivity contribution in [3.8, 4) is 11.3 Å². The number of aryl methyl sites for hydroxylation is 1. The molecular weight excluding hydrogens is 314 g/mol. The Kier molecular flexibility index (Phi) is 3.95. The lowest BCUT2D eigenvalue weighted by atomic mass is 10.1. The summed E-state index contributed by atoms with van der Waals surface area (Å²) in [5.74, 6) is -3.06. The van der Waals surface area contributed by atoms with Crippen molar-refractivity contribution in [1.82, 2.24) is 9.88 Å². The lowest BCUT2D eigenvalue weighted by Gasteiger charge is -2.43. The molecule has 3 heterocycles. The number of furan rings is 1. The molecule has 0 amide bonds. The van der Waals surface area contributed by atoms with E-state index in [9.17, 15) is 8.78 Å². The standard InChI is InChI=1S/C18H20F2N2O2/c1-12-8-15(14-6-5-7-21-9-14)23-16(12)13(2)22-10-17(3,19)24-18(4,20)11-22/h5-9H,2,10-11H2,1,3-4H3. The molecule has 0 N–H and O–H groups in total. The Morgan fingerprint density at radius 2 is 1.96 bits per heavy atom. The molecule has 0 aliphatic carbocycles. The molecule has 1 aliphatic rings. The fraction of sp³-hybridized carbons (Fsp3) is 0.389. The summed E-state index contributed by atoms with van der Waals surface area (Å²) in [4.78, 5) is 5.58. The van der Waals surface area contributed by atoms with E-state index in [0.717, 1.165) is 11.1 Å². The normalized spacial score (nSPS) is 27.3. The Hall–Kier alpha value is -2.21. The first-order chi connectivity index (χ1) is 11.2. The molecular formula is C18H20F2N2O2. The van der Waals surface area contributed by atoms with E-state index in [1.807, 2.05) is 25.1 Å². The first-order valence-corrected chi connectivity index (χ1v) is 7.70. The summed E-state index contributed by atoms with van der Waals surface area (Å²) in [7, 11) is 0. The number of hydrogen-bond acceptors (Lipinski definition) is 4. The predicted octanol–water partition coefficient (Wildman–Crippen LogP) is 4.32. The molecule has 0 saturated carbocycles. The maximum atomic E-state index is 14.3. The molecule has 1 aliphatic heterocycles. The average molecular weight is 334 g/mol. The molecule has 2 aromatic rings. The molecule has 4 nitrogen and oxygen atoms in total. The summed E-state index contributed by atoms with van der Waals surface area (Å²) >= 11 is 0. The highest BCUT2D eigenvalue weighted by Gasteiger charge is 2.45. The van der Waals surface area contributed by atoms with Crippen LogP contribution in [-0.2, 0) is 4.74 Å². The Bertz CT molecular complexity index is 738. The molecule has 0 spiro atoms. The Morgan fingerprint density at radius 3 is 2.54 bits per heavy atom. The van der Waals surface area contributed by atoms with Gasteiger partial charge in [-0.05, 0) is 44.5 Å². The SMILES string of the molecule is C=C(c1oc(-c2cccnc2)cc1C)N1CC(C)(F)OC(C)(F)C1. The second kappa shape index (κ2) is 5.70. The topological polar surface area (TPSA) is 38.5 Å². The molecule has 3 rings (SSSR count). The Morgan fingerprint density at radius 1 is 1.29 bits per heavy atom. The van der Waals surface area contributed by atoms with E-state index in [2.05, 4.69) is 11.6 Å². The minimum atomic E-state index is -2.10. The predicted molar refractivity (Wildman–Crippen MR) is 87.4 cm³/mol. The highest BCUT2D eigenvalue weighted by Crippen LogP contribution is 2.36. The molecule has 2 atom stereocenters. The highest BCUT2D eigenvalue weighted by molar-refractivity contribution is 5.66. The maximum absolute atomic E-state index is 14.3. The van der Waals surface area contributed by atoms with E-state index in [0.29, 0.717) is 17.2 Å². The molecule has 2 unspecified atom stereocenters. The van der Waals surface area contributed by atoms with Crippen molar-refractivity contribution >= 4 is 5.70 Å². The summed E-state index contributed by atoms with van der Waals surface area (Å²) in [5, 5.41) is 0. The third-order valence-electron chi connectivity index (χ3n) is 3.88. The smallest absolute Gasteiger partial charge is 0.226 e. The maximum Gasteiger partial charge on any atom is 0.226 e. The van der Waals surface area contributed by atoms with Gasteiger partial charge in [0.1, 0.15) is 5.76 Å². The Balaban J connectivity index is 1.89. The van der Waals surface area contributed by atoms with Crippen LogP contribution in [0.3, 0.4) is 0 Å². The number of halogens is 2. The zero-order valence-corrected chi connectivity index (χ0v) is 14.0. The molecule has 0 radical (unpaired) electrons. The summed E-state index contributed by atoms with van der Waals surface area (Å²) in [6.45, 7) is 8.03. The van der Waals surface area contributed by atoms with Crippen molar-refractivity contribution in [3.05, 3.63) is 48.5 Å². The zero-order chi connectivity index (χ0) is 17.5. The third-order valence-corrected chi connectivity index (χ3v) is 3.88. The number of rotatable bonds is 3. The number of pyridine rings is 1. The van der Waals surface area contributed by atoms with Crippen LogP contribution in [-0.4, -0.2) is 34.7 Å². The van der Waals surface area contributed by atoms with Crippen LogP contribution in [0, 0.1) is 6.92 Å². The van der Waals surface area contributed by atoms with Gasteiger partial charge in [0.05, 0.1) is 18.8 Å². The van der Waals surface area contributed by atoms with Crippen LogP contribution in [0.15, 0.2) is 41.6 Å². The fourth-order valence-corrected chi connectivity index (χ4v) is 3.00. The van der Waals surface area contributed by atoms with Crippen molar-refractivity contribution in [3.63, 3.8) is 0 Å². The van der Waals surface area contributed by atoms with Crippen LogP contribution < -0.4 is 0 Å². The zero-order valence-electron chi connectivity index (χ0n) is 14.0. The fourth-order valence-electron chi connectivity index (χ4n) is 3.00. The van der Waals surface area contributed by atoms with Gasteiger partial charge in [-0.25, -0.2) is 8.78 Å². The highest BCUT2D eigenvalue weighted by atomic mass is 19.2. The quantitative estimate of drug-likeness (QED) is 0.838. The molecule has 24 heavy (non-hydrogen) atoms. The van der Waals surface area contributed by atoms with Crippen molar-refractivity contribution in [2.75, 3.05) is 13.1 Å². The molecule has 0 bridgehead atoms. The van der Waals surface area contributed by atoms with E-state index >= 15 is 0 Å². The van der Waals surface area contributed by atoms with Crippen LogP contribution in [0.2, 0.25) is 0 Å². The summed E-state index contributed by atoms with van der Waals surface area (Å²) in [6, 6.07) is 5.55. The van der Waals surface area contributed by atoms with Gasteiger partial charge < -0.3 is 14.1 Å². The number of aromatic nitrogens is 1. The first-order valence-electron chi connectivity index (χ1n) is 7.70. The van der Waals surface area contributed by atoms with E-state index in [-0.39, 0.29) is 13.1 Å². The average Bonchev–Trinajstić information content (AvgIpc) is 2.86. The van der Waals surface area contributed by atoms with E-state index in [1.54, 1.807) is 12.4 Å². The Labute approximate surface area is 139 Å². The van der Waals surface area contributed by atoms with Gasteiger partial charge in [0.15, 0.2) is 5.76 Å². The van der Waals surface area contributed by atoms with Gasteiger partial charge in [-0.15, -0.1) is 0 Å². The molecule has 1 fully saturated rings. The number of nitrogens with zero attached hydrogens (tertiary/aromatic N) is 2. The van der Waals surface area contributed by atoms with E-state index < -0.39 is 11.7 Å². The number of ether oxygens (including phenoxy) is 1. The van der Waals surface area contributed by atoms with Gasteiger partial charge >= 0.3 is 0 Å². The largest absolute Gasteiger partial charge is 0.454 e. The van der Waals surface area contributed by atoms with Gasteiger partial charge in [-0.3, -0.25) is 4.98 Å². The number of morpholine rings is 1. The minimum Gasteiger partial charge on any atom is -0.454 e. The van der Waals surface area contributed by atoms with Gasteiger partial charge in [0.25, 0.3) is 0 Å². The minimum absolute atomic E-state index is 0.117. The summed E-state index contributed by atoms with van der Waals surface area (Å²) in [5.41, 5.74) is 2.09. The van der Waals surface area contributed by atoms with Crippen molar-refractivity contribution in [2.45, 2.75) is 32.5 Å². The van der Waals surface area contributed by atoms with Crippen LogP contribution in [0.1, 0.15) is 25.2 Å². The van der Waals surface area contributed by atoms with Gasteiger partial charge in [0.2, 0.25) is 11.7 Å². The number of alkyl halides is 2. The van der Waals surface area contributed by atoms with Crippen molar-refractivity contribution in [1.29, 1.82) is 0 Å². The van der Waals surface area contributed by atoms with Crippen molar-refractivity contribution < 1.29 is 17.9 Å². The third kappa shape index (κ3) is 3.33.